The fraction of sp³-hybridized carbons (Fsp3) is 0.154. The highest BCUT2D eigenvalue weighted by molar-refractivity contribution is 5.38. The van der Waals surface area contributed by atoms with E-state index in [0.29, 0.717) is 11.4 Å². The summed E-state index contributed by atoms with van der Waals surface area (Å²) in [4.78, 5) is 3.98. The molecule has 0 aliphatic carbocycles. The van der Waals surface area contributed by atoms with E-state index in [-0.39, 0.29) is 0 Å². The lowest BCUT2D eigenvalue weighted by Gasteiger charge is -2.01. The highest BCUT2D eigenvalue weighted by Gasteiger charge is 2.33. The van der Waals surface area contributed by atoms with Gasteiger partial charge in [0.25, 0.3) is 0 Å². The lowest BCUT2D eigenvalue weighted by molar-refractivity contribution is -0.141. The van der Waals surface area contributed by atoms with Gasteiger partial charge in [-0.3, -0.25) is 4.98 Å². The quantitative estimate of drug-likeness (QED) is 0.730. The maximum absolute atomic E-state index is 12.6. The van der Waals surface area contributed by atoms with Gasteiger partial charge in [-0.2, -0.15) is 23.4 Å². The standard InChI is InChI=1S/C13H10F3N5/c1-9-11(20-6-4-12(19-20)13(14,15)16)8-21(18-9)10-3-2-5-17-7-10/h2-8H,1H3. The van der Waals surface area contributed by atoms with Crippen LogP contribution in [0.4, 0.5) is 13.2 Å². The summed E-state index contributed by atoms with van der Waals surface area (Å²) in [7, 11) is 0. The van der Waals surface area contributed by atoms with Crippen LogP contribution in [0.25, 0.3) is 11.4 Å². The Labute approximate surface area is 117 Å². The van der Waals surface area contributed by atoms with Crippen LogP contribution in [0.1, 0.15) is 11.4 Å². The largest absolute Gasteiger partial charge is 0.435 e. The van der Waals surface area contributed by atoms with Gasteiger partial charge in [-0.05, 0) is 25.1 Å². The number of hydrogen-bond donors (Lipinski definition) is 0. The minimum absolute atomic E-state index is 0.481. The molecule has 0 unspecified atom stereocenters. The first-order valence-electron chi connectivity index (χ1n) is 6.05. The van der Waals surface area contributed by atoms with Crippen molar-refractivity contribution >= 4 is 0 Å². The van der Waals surface area contributed by atoms with Crippen LogP contribution in [0.3, 0.4) is 0 Å². The zero-order chi connectivity index (χ0) is 15.0. The molecule has 0 amide bonds. The minimum atomic E-state index is -4.46. The molecule has 0 saturated heterocycles. The summed E-state index contributed by atoms with van der Waals surface area (Å²) in [6, 6.07) is 4.48. The predicted molar refractivity (Wildman–Crippen MR) is 68.2 cm³/mol. The molecule has 0 atom stereocenters. The number of alkyl halides is 3. The number of aromatic nitrogens is 5. The van der Waals surface area contributed by atoms with Crippen LogP contribution >= 0.6 is 0 Å². The van der Waals surface area contributed by atoms with Crippen LogP contribution in [-0.2, 0) is 6.18 Å². The molecular weight excluding hydrogens is 283 g/mol. The average Bonchev–Trinajstić information content (AvgIpc) is 3.05. The number of hydrogen-bond acceptors (Lipinski definition) is 3. The molecule has 0 saturated carbocycles. The first-order chi connectivity index (χ1) is 9.95. The molecule has 3 aromatic rings. The van der Waals surface area contributed by atoms with Crippen LogP contribution in [0.15, 0.2) is 43.0 Å². The van der Waals surface area contributed by atoms with Gasteiger partial charge in [0, 0.05) is 12.4 Å². The molecule has 0 fully saturated rings. The molecule has 8 heteroatoms. The number of pyridine rings is 1. The summed E-state index contributed by atoms with van der Waals surface area (Å²) in [6.45, 7) is 1.71. The van der Waals surface area contributed by atoms with Gasteiger partial charge in [0.05, 0.1) is 23.8 Å². The number of rotatable bonds is 2. The smallest absolute Gasteiger partial charge is 0.262 e. The fourth-order valence-electron chi connectivity index (χ4n) is 1.91. The highest BCUT2D eigenvalue weighted by Crippen LogP contribution is 2.28. The summed E-state index contributed by atoms with van der Waals surface area (Å²) < 4.78 is 40.5. The van der Waals surface area contributed by atoms with Crippen LogP contribution in [-0.4, -0.2) is 24.5 Å². The van der Waals surface area contributed by atoms with Gasteiger partial charge in [-0.1, -0.05) is 0 Å². The zero-order valence-corrected chi connectivity index (χ0v) is 10.9. The Kier molecular flexibility index (Phi) is 3.00. The predicted octanol–water partition coefficient (Wildman–Crippen LogP) is 2.78. The minimum Gasteiger partial charge on any atom is -0.262 e. The summed E-state index contributed by atoms with van der Waals surface area (Å²) >= 11 is 0. The Bertz CT molecular complexity index is 758. The van der Waals surface area contributed by atoms with Crippen molar-refractivity contribution in [2.45, 2.75) is 13.1 Å². The van der Waals surface area contributed by atoms with Crippen LogP contribution in [0.5, 0.6) is 0 Å². The summed E-state index contributed by atoms with van der Waals surface area (Å²) in [6.07, 6.45) is 1.66. The third-order valence-electron chi connectivity index (χ3n) is 2.91. The highest BCUT2D eigenvalue weighted by atomic mass is 19.4. The van der Waals surface area contributed by atoms with E-state index in [0.717, 1.165) is 16.4 Å². The molecule has 5 nitrogen and oxygen atoms in total. The van der Waals surface area contributed by atoms with Crippen molar-refractivity contribution in [2.24, 2.45) is 0 Å². The van der Waals surface area contributed by atoms with Crippen molar-refractivity contribution < 1.29 is 13.2 Å². The number of aryl methyl sites for hydroxylation is 1. The number of nitrogens with zero attached hydrogens (tertiary/aromatic N) is 5. The van der Waals surface area contributed by atoms with Gasteiger partial charge >= 0.3 is 6.18 Å². The van der Waals surface area contributed by atoms with Gasteiger partial charge in [0.1, 0.15) is 5.69 Å². The summed E-state index contributed by atoms with van der Waals surface area (Å²) in [5, 5.41) is 7.81. The van der Waals surface area contributed by atoms with E-state index in [9.17, 15) is 13.2 Å². The Balaban J connectivity index is 2.00. The van der Waals surface area contributed by atoms with Crippen molar-refractivity contribution in [1.29, 1.82) is 0 Å². The summed E-state index contributed by atoms with van der Waals surface area (Å²) in [5.41, 5.74) is 0.830. The van der Waals surface area contributed by atoms with E-state index in [1.54, 1.807) is 42.3 Å². The van der Waals surface area contributed by atoms with Crippen LogP contribution in [0.2, 0.25) is 0 Å². The van der Waals surface area contributed by atoms with Crippen LogP contribution < -0.4 is 0 Å². The molecule has 0 spiro atoms. The molecule has 0 aliphatic heterocycles. The Morgan fingerprint density at radius 3 is 2.52 bits per heavy atom. The van der Waals surface area contributed by atoms with Gasteiger partial charge in [-0.15, -0.1) is 0 Å². The first kappa shape index (κ1) is 13.3. The molecule has 3 rings (SSSR count). The topological polar surface area (TPSA) is 48.5 Å². The molecule has 21 heavy (non-hydrogen) atoms. The molecule has 3 heterocycles. The molecular formula is C13H10F3N5. The van der Waals surface area contributed by atoms with Gasteiger partial charge < -0.3 is 0 Å². The second-order valence-corrected chi connectivity index (χ2v) is 4.40. The summed E-state index contributed by atoms with van der Waals surface area (Å²) in [5.74, 6) is 0. The monoisotopic (exact) mass is 293 g/mol. The molecule has 0 aromatic carbocycles. The van der Waals surface area contributed by atoms with Crippen molar-refractivity contribution in [3.63, 3.8) is 0 Å². The van der Waals surface area contributed by atoms with E-state index >= 15 is 0 Å². The maximum atomic E-state index is 12.6. The second-order valence-electron chi connectivity index (χ2n) is 4.40. The normalized spacial score (nSPS) is 11.8. The van der Waals surface area contributed by atoms with Gasteiger partial charge in [0.15, 0.2) is 5.69 Å². The molecule has 0 N–H and O–H groups in total. The van der Waals surface area contributed by atoms with Crippen molar-refractivity contribution in [1.82, 2.24) is 24.5 Å². The molecule has 0 aliphatic rings. The van der Waals surface area contributed by atoms with Crippen LogP contribution in [0, 0.1) is 6.92 Å². The zero-order valence-electron chi connectivity index (χ0n) is 10.9. The van der Waals surface area contributed by atoms with E-state index in [1.165, 1.54) is 6.20 Å². The van der Waals surface area contributed by atoms with E-state index in [4.69, 9.17) is 0 Å². The van der Waals surface area contributed by atoms with E-state index in [2.05, 4.69) is 15.2 Å². The Hall–Kier alpha value is -2.64. The van der Waals surface area contributed by atoms with Gasteiger partial charge in [-0.25, -0.2) is 9.36 Å². The lowest BCUT2D eigenvalue weighted by atomic mass is 10.4. The van der Waals surface area contributed by atoms with Crippen molar-refractivity contribution in [2.75, 3.05) is 0 Å². The molecule has 3 aromatic heterocycles. The second kappa shape index (κ2) is 4.72. The molecule has 108 valence electrons. The fourth-order valence-corrected chi connectivity index (χ4v) is 1.91. The van der Waals surface area contributed by atoms with E-state index < -0.39 is 11.9 Å². The number of halogens is 3. The maximum Gasteiger partial charge on any atom is 0.435 e. The lowest BCUT2D eigenvalue weighted by Crippen LogP contribution is -2.07. The third kappa shape index (κ3) is 2.51. The molecule has 0 radical (unpaired) electrons. The van der Waals surface area contributed by atoms with Crippen molar-refractivity contribution in [3.8, 4) is 11.4 Å². The Morgan fingerprint density at radius 2 is 1.90 bits per heavy atom. The average molecular weight is 293 g/mol. The van der Waals surface area contributed by atoms with Crippen molar-refractivity contribution in [3.05, 3.63) is 54.4 Å². The third-order valence-corrected chi connectivity index (χ3v) is 2.91. The molecule has 0 bridgehead atoms. The SMILES string of the molecule is Cc1nn(-c2cccnc2)cc1-n1ccc(C(F)(F)F)n1. The van der Waals surface area contributed by atoms with Gasteiger partial charge in [0.2, 0.25) is 0 Å². The Morgan fingerprint density at radius 1 is 1.10 bits per heavy atom. The first-order valence-corrected chi connectivity index (χ1v) is 6.05. The van der Waals surface area contributed by atoms with E-state index in [1.807, 2.05) is 0 Å².